The lowest BCUT2D eigenvalue weighted by Gasteiger charge is -2.19. The number of halogens is 1. The molecule has 2 N–H and O–H groups in total. The third-order valence-electron chi connectivity index (χ3n) is 2.39. The molecule has 0 saturated carbocycles. The highest BCUT2D eigenvalue weighted by Gasteiger charge is 2.17. The Morgan fingerprint density at radius 1 is 1.43 bits per heavy atom. The van der Waals surface area contributed by atoms with Crippen molar-refractivity contribution in [3.05, 3.63) is 35.1 Å². The first-order chi connectivity index (χ1) is 6.56. The normalized spacial score (nSPS) is 15.2. The van der Waals surface area contributed by atoms with Gasteiger partial charge in [0.1, 0.15) is 5.82 Å². The first-order valence-electron chi connectivity index (χ1n) is 4.60. The molecule has 0 aliphatic carbocycles. The molecule has 0 heterocycles. The van der Waals surface area contributed by atoms with Crippen molar-refractivity contribution in [2.24, 2.45) is 5.73 Å². The van der Waals surface area contributed by atoms with Crippen LogP contribution in [-0.4, -0.2) is 13.2 Å². The van der Waals surface area contributed by atoms with Gasteiger partial charge in [-0.05, 0) is 19.9 Å². The van der Waals surface area contributed by atoms with Crippen molar-refractivity contribution in [3.63, 3.8) is 0 Å². The molecule has 0 aliphatic heterocycles. The van der Waals surface area contributed by atoms with Crippen molar-refractivity contribution in [1.29, 1.82) is 0 Å². The third-order valence-corrected chi connectivity index (χ3v) is 2.39. The Balaban J connectivity index is 2.99. The van der Waals surface area contributed by atoms with Crippen LogP contribution in [0.1, 0.15) is 24.1 Å². The van der Waals surface area contributed by atoms with E-state index in [0.29, 0.717) is 5.56 Å². The molecule has 2 unspecified atom stereocenters. The van der Waals surface area contributed by atoms with Crippen LogP contribution in [0.2, 0.25) is 0 Å². The minimum Gasteiger partial charge on any atom is -0.380 e. The third kappa shape index (κ3) is 2.30. The fourth-order valence-corrected chi connectivity index (χ4v) is 1.32. The number of hydrogen-bond acceptors (Lipinski definition) is 2. The van der Waals surface area contributed by atoms with Crippen LogP contribution in [0.4, 0.5) is 4.39 Å². The summed E-state index contributed by atoms with van der Waals surface area (Å²) in [5.41, 5.74) is 7.37. The van der Waals surface area contributed by atoms with Gasteiger partial charge in [-0.2, -0.15) is 0 Å². The van der Waals surface area contributed by atoms with Crippen molar-refractivity contribution >= 4 is 0 Å². The molecular formula is C11H16FNO. The van der Waals surface area contributed by atoms with Crippen LogP contribution in [0.3, 0.4) is 0 Å². The molecule has 2 nitrogen and oxygen atoms in total. The van der Waals surface area contributed by atoms with Gasteiger partial charge in [0, 0.05) is 12.7 Å². The highest BCUT2D eigenvalue weighted by atomic mass is 19.1. The van der Waals surface area contributed by atoms with Gasteiger partial charge in [-0.25, -0.2) is 4.39 Å². The van der Waals surface area contributed by atoms with E-state index >= 15 is 0 Å². The fraction of sp³-hybridized carbons (Fsp3) is 0.455. The molecule has 0 bridgehead atoms. The predicted molar refractivity (Wildman–Crippen MR) is 54.5 cm³/mol. The second kappa shape index (κ2) is 4.53. The van der Waals surface area contributed by atoms with E-state index in [4.69, 9.17) is 10.5 Å². The smallest absolute Gasteiger partial charge is 0.128 e. The van der Waals surface area contributed by atoms with Crippen LogP contribution in [0, 0.1) is 12.7 Å². The summed E-state index contributed by atoms with van der Waals surface area (Å²) in [5.74, 6) is -0.271. The van der Waals surface area contributed by atoms with E-state index in [1.54, 1.807) is 19.2 Å². The summed E-state index contributed by atoms with van der Waals surface area (Å²) < 4.78 is 18.5. The van der Waals surface area contributed by atoms with Crippen molar-refractivity contribution < 1.29 is 9.13 Å². The quantitative estimate of drug-likeness (QED) is 0.806. The molecule has 1 aromatic carbocycles. The summed E-state index contributed by atoms with van der Waals surface area (Å²) >= 11 is 0. The number of ether oxygens (including phenoxy) is 1. The van der Waals surface area contributed by atoms with Crippen LogP contribution < -0.4 is 5.73 Å². The maximum Gasteiger partial charge on any atom is 0.128 e. The van der Waals surface area contributed by atoms with E-state index < -0.39 is 6.04 Å². The highest BCUT2D eigenvalue weighted by Crippen LogP contribution is 2.20. The fourth-order valence-electron chi connectivity index (χ4n) is 1.32. The second-order valence-electron chi connectivity index (χ2n) is 3.49. The number of nitrogens with two attached hydrogens (primary N) is 1. The largest absolute Gasteiger partial charge is 0.380 e. The Labute approximate surface area is 83.9 Å². The van der Waals surface area contributed by atoms with Crippen molar-refractivity contribution in [3.8, 4) is 0 Å². The summed E-state index contributed by atoms with van der Waals surface area (Å²) in [6.07, 6.45) is -0.189. The lowest BCUT2D eigenvalue weighted by molar-refractivity contribution is 0.0945. The number of rotatable bonds is 3. The molecule has 0 aliphatic rings. The van der Waals surface area contributed by atoms with Crippen LogP contribution in [0.15, 0.2) is 18.2 Å². The van der Waals surface area contributed by atoms with Crippen molar-refractivity contribution in [2.45, 2.75) is 26.0 Å². The minimum absolute atomic E-state index is 0.189. The first kappa shape index (κ1) is 11.1. The molecule has 0 amide bonds. The Morgan fingerprint density at radius 2 is 2.07 bits per heavy atom. The van der Waals surface area contributed by atoms with Gasteiger partial charge in [0.25, 0.3) is 0 Å². The summed E-state index contributed by atoms with van der Waals surface area (Å²) in [4.78, 5) is 0. The molecule has 14 heavy (non-hydrogen) atoms. The monoisotopic (exact) mass is 197 g/mol. The van der Waals surface area contributed by atoms with Crippen LogP contribution >= 0.6 is 0 Å². The maximum absolute atomic E-state index is 13.4. The Bertz CT molecular complexity index is 314. The minimum atomic E-state index is -0.417. The van der Waals surface area contributed by atoms with Gasteiger partial charge in [0.05, 0.1) is 12.1 Å². The average molecular weight is 197 g/mol. The Hall–Kier alpha value is -0.930. The van der Waals surface area contributed by atoms with Gasteiger partial charge in [-0.15, -0.1) is 0 Å². The number of hydrogen-bond donors (Lipinski definition) is 1. The molecule has 78 valence electrons. The second-order valence-corrected chi connectivity index (χ2v) is 3.49. The lowest BCUT2D eigenvalue weighted by atomic mass is 10.0. The van der Waals surface area contributed by atoms with Gasteiger partial charge in [0.15, 0.2) is 0 Å². The molecule has 0 aromatic heterocycles. The number of benzene rings is 1. The Morgan fingerprint density at radius 3 is 2.64 bits per heavy atom. The average Bonchev–Trinajstić information content (AvgIpc) is 2.19. The van der Waals surface area contributed by atoms with E-state index in [1.165, 1.54) is 6.07 Å². The molecule has 3 heteroatoms. The van der Waals surface area contributed by atoms with Gasteiger partial charge in [-0.1, -0.05) is 17.7 Å². The molecular weight excluding hydrogens is 181 g/mol. The van der Waals surface area contributed by atoms with Gasteiger partial charge >= 0.3 is 0 Å². The van der Waals surface area contributed by atoms with Crippen molar-refractivity contribution in [2.75, 3.05) is 7.11 Å². The number of methoxy groups -OCH3 is 1. The standard InChI is InChI=1S/C11H16FNO/c1-7-4-5-10(12)9(6-7)11(13)8(2)14-3/h4-6,8,11H,13H2,1-3H3. The van der Waals surface area contributed by atoms with Gasteiger partial charge in [-0.3, -0.25) is 0 Å². The molecule has 0 spiro atoms. The predicted octanol–water partition coefficient (Wildman–Crippen LogP) is 2.17. The van der Waals surface area contributed by atoms with Crippen LogP contribution in [0.25, 0.3) is 0 Å². The SMILES string of the molecule is COC(C)C(N)c1cc(C)ccc1F. The zero-order chi connectivity index (χ0) is 10.7. The van der Waals surface area contributed by atoms with E-state index in [9.17, 15) is 4.39 Å². The molecule has 0 saturated heterocycles. The first-order valence-corrected chi connectivity index (χ1v) is 4.60. The summed E-state index contributed by atoms with van der Waals surface area (Å²) in [7, 11) is 1.57. The maximum atomic E-state index is 13.4. The number of aryl methyl sites for hydroxylation is 1. The molecule has 1 aromatic rings. The zero-order valence-corrected chi connectivity index (χ0v) is 8.75. The van der Waals surface area contributed by atoms with Crippen LogP contribution in [0.5, 0.6) is 0 Å². The molecule has 1 rings (SSSR count). The van der Waals surface area contributed by atoms with Gasteiger partial charge < -0.3 is 10.5 Å². The van der Waals surface area contributed by atoms with Crippen LogP contribution in [-0.2, 0) is 4.74 Å². The topological polar surface area (TPSA) is 35.2 Å². The molecule has 0 fully saturated rings. The summed E-state index contributed by atoms with van der Waals surface area (Å²) in [6, 6.07) is 4.51. The van der Waals surface area contributed by atoms with E-state index in [0.717, 1.165) is 5.56 Å². The van der Waals surface area contributed by atoms with E-state index in [-0.39, 0.29) is 11.9 Å². The zero-order valence-electron chi connectivity index (χ0n) is 8.75. The van der Waals surface area contributed by atoms with Gasteiger partial charge in [0.2, 0.25) is 0 Å². The Kier molecular flexibility index (Phi) is 3.61. The van der Waals surface area contributed by atoms with Crippen molar-refractivity contribution in [1.82, 2.24) is 0 Å². The molecule has 2 atom stereocenters. The summed E-state index contributed by atoms with van der Waals surface area (Å²) in [6.45, 7) is 3.74. The summed E-state index contributed by atoms with van der Waals surface area (Å²) in [5, 5.41) is 0. The lowest BCUT2D eigenvalue weighted by Crippen LogP contribution is -2.26. The van der Waals surface area contributed by atoms with E-state index in [2.05, 4.69) is 0 Å². The molecule has 0 radical (unpaired) electrons. The highest BCUT2D eigenvalue weighted by molar-refractivity contribution is 5.27. The van der Waals surface area contributed by atoms with E-state index in [1.807, 2.05) is 13.8 Å².